The van der Waals surface area contributed by atoms with Crippen LogP contribution in [0.2, 0.25) is 0 Å². The quantitative estimate of drug-likeness (QED) is 0.904. The molecule has 1 fully saturated rings. The van der Waals surface area contributed by atoms with Gasteiger partial charge in [-0.15, -0.1) is 11.3 Å². The number of rotatable bonds is 4. The van der Waals surface area contributed by atoms with Crippen molar-refractivity contribution in [1.29, 1.82) is 0 Å². The molecule has 1 aromatic carbocycles. The van der Waals surface area contributed by atoms with E-state index in [9.17, 15) is 9.90 Å². The second kappa shape index (κ2) is 6.28. The second-order valence-electron chi connectivity index (χ2n) is 5.06. The minimum absolute atomic E-state index is 0.287. The van der Waals surface area contributed by atoms with E-state index in [2.05, 4.69) is 5.32 Å². The number of anilines is 1. The molecular weight excluding hydrogens is 286 g/mol. The maximum atomic E-state index is 11.5. The third kappa shape index (κ3) is 3.25. The zero-order valence-corrected chi connectivity index (χ0v) is 12.4. The lowest BCUT2D eigenvalue weighted by molar-refractivity contribution is 0.0703. The molecule has 0 saturated carbocycles. The average Bonchev–Trinajstić information content (AvgIpc) is 2.93. The summed E-state index contributed by atoms with van der Waals surface area (Å²) in [6, 6.07) is 12.1. The number of hydrogen-bond donors (Lipinski definition) is 2. The predicted octanol–water partition coefficient (Wildman–Crippen LogP) is 3.70. The molecule has 0 radical (unpaired) electrons. The molecule has 0 amide bonds. The zero-order valence-electron chi connectivity index (χ0n) is 11.5. The van der Waals surface area contributed by atoms with Crippen molar-refractivity contribution in [3.05, 3.63) is 41.3 Å². The number of carboxylic acid groups (broad SMARTS) is 1. The van der Waals surface area contributed by atoms with Gasteiger partial charge in [-0.05, 0) is 24.5 Å². The van der Waals surface area contributed by atoms with Crippen molar-refractivity contribution in [3.8, 4) is 10.4 Å². The summed E-state index contributed by atoms with van der Waals surface area (Å²) in [5.74, 6) is -0.878. The van der Waals surface area contributed by atoms with Gasteiger partial charge in [0.1, 0.15) is 4.88 Å². The summed E-state index contributed by atoms with van der Waals surface area (Å²) in [7, 11) is 0. The Labute approximate surface area is 127 Å². The van der Waals surface area contributed by atoms with Crippen molar-refractivity contribution in [2.75, 3.05) is 18.5 Å². The molecule has 1 aliphatic rings. The first-order valence-electron chi connectivity index (χ1n) is 7.01. The molecule has 1 saturated heterocycles. The van der Waals surface area contributed by atoms with Crippen LogP contribution in [0.15, 0.2) is 36.4 Å². The summed E-state index contributed by atoms with van der Waals surface area (Å²) in [4.78, 5) is 12.8. The predicted molar refractivity (Wildman–Crippen MR) is 84.2 cm³/mol. The monoisotopic (exact) mass is 303 g/mol. The van der Waals surface area contributed by atoms with Gasteiger partial charge in [0.25, 0.3) is 0 Å². The Morgan fingerprint density at radius 2 is 1.95 bits per heavy atom. The number of benzene rings is 1. The van der Waals surface area contributed by atoms with Gasteiger partial charge < -0.3 is 15.2 Å². The topological polar surface area (TPSA) is 58.6 Å². The smallest absolute Gasteiger partial charge is 0.348 e. The molecule has 0 spiro atoms. The minimum Gasteiger partial charge on any atom is -0.477 e. The summed E-state index contributed by atoms with van der Waals surface area (Å²) in [6.07, 6.45) is 1.82. The van der Waals surface area contributed by atoms with Crippen LogP contribution in [0.1, 0.15) is 22.5 Å². The van der Waals surface area contributed by atoms with Crippen molar-refractivity contribution >= 4 is 23.0 Å². The Morgan fingerprint density at radius 1 is 1.24 bits per heavy atom. The average molecular weight is 303 g/mol. The SMILES string of the molecule is O=C(O)c1sc(-c2ccccc2)cc1NC1CCOCC1. The lowest BCUT2D eigenvalue weighted by Crippen LogP contribution is -2.28. The molecule has 0 aliphatic carbocycles. The first-order valence-corrected chi connectivity index (χ1v) is 7.82. The molecule has 0 atom stereocenters. The number of nitrogens with one attached hydrogen (secondary N) is 1. The van der Waals surface area contributed by atoms with Crippen molar-refractivity contribution in [1.82, 2.24) is 0 Å². The molecule has 2 N–H and O–H groups in total. The number of carboxylic acids is 1. The third-order valence-corrected chi connectivity index (χ3v) is 4.74. The molecule has 3 rings (SSSR count). The fraction of sp³-hybridized carbons (Fsp3) is 0.312. The Morgan fingerprint density at radius 3 is 2.62 bits per heavy atom. The van der Waals surface area contributed by atoms with Gasteiger partial charge in [-0.2, -0.15) is 0 Å². The second-order valence-corrected chi connectivity index (χ2v) is 6.11. The molecule has 5 heteroatoms. The maximum absolute atomic E-state index is 11.5. The van der Waals surface area contributed by atoms with Crippen LogP contribution in [0, 0.1) is 0 Å². The molecular formula is C16H17NO3S. The highest BCUT2D eigenvalue weighted by Crippen LogP contribution is 2.35. The molecule has 0 unspecified atom stereocenters. The summed E-state index contributed by atoms with van der Waals surface area (Å²) in [5, 5.41) is 12.8. The van der Waals surface area contributed by atoms with E-state index < -0.39 is 5.97 Å². The third-order valence-electron chi connectivity index (χ3n) is 3.57. The van der Waals surface area contributed by atoms with Crippen LogP contribution >= 0.6 is 11.3 Å². The van der Waals surface area contributed by atoms with Crippen LogP contribution in [0.4, 0.5) is 5.69 Å². The molecule has 2 aromatic rings. The van der Waals surface area contributed by atoms with Crippen molar-refractivity contribution in [3.63, 3.8) is 0 Å². The first kappa shape index (κ1) is 14.1. The highest BCUT2D eigenvalue weighted by Gasteiger charge is 2.20. The summed E-state index contributed by atoms with van der Waals surface area (Å²) in [6.45, 7) is 1.46. The Hall–Kier alpha value is -1.85. The molecule has 0 bridgehead atoms. The lowest BCUT2D eigenvalue weighted by Gasteiger charge is -2.23. The van der Waals surface area contributed by atoms with Crippen molar-refractivity contribution in [2.45, 2.75) is 18.9 Å². The van der Waals surface area contributed by atoms with Crippen LogP contribution in [0.5, 0.6) is 0 Å². The molecule has 1 aliphatic heterocycles. The van der Waals surface area contributed by atoms with Gasteiger partial charge in [0.15, 0.2) is 0 Å². The van der Waals surface area contributed by atoms with E-state index >= 15 is 0 Å². The normalized spacial score (nSPS) is 15.8. The fourth-order valence-electron chi connectivity index (χ4n) is 2.46. The summed E-state index contributed by atoms with van der Waals surface area (Å²) >= 11 is 1.32. The van der Waals surface area contributed by atoms with Gasteiger partial charge >= 0.3 is 5.97 Å². The van der Waals surface area contributed by atoms with Gasteiger partial charge in [-0.3, -0.25) is 0 Å². The van der Waals surface area contributed by atoms with Gasteiger partial charge in [0.05, 0.1) is 5.69 Å². The van der Waals surface area contributed by atoms with E-state index in [1.54, 1.807) is 0 Å². The first-order chi connectivity index (χ1) is 10.2. The molecule has 1 aromatic heterocycles. The summed E-state index contributed by atoms with van der Waals surface area (Å²) in [5.41, 5.74) is 1.77. The summed E-state index contributed by atoms with van der Waals surface area (Å²) < 4.78 is 5.34. The molecule has 110 valence electrons. The van der Waals surface area contributed by atoms with Crippen LogP contribution in [-0.2, 0) is 4.74 Å². The lowest BCUT2D eigenvalue weighted by atomic mass is 10.1. The highest BCUT2D eigenvalue weighted by molar-refractivity contribution is 7.18. The van der Waals surface area contributed by atoms with Crippen LogP contribution in [-0.4, -0.2) is 30.3 Å². The van der Waals surface area contributed by atoms with Crippen LogP contribution in [0.25, 0.3) is 10.4 Å². The Bertz CT molecular complexity index is 618. The standard InChI is InChI=1S/C16H17NO3S/c18-16(19)15-13(17-12-6-8-20-9-7-12)10-14(21-15)11-4-2-1-3-5-11/h1-5,10,12,17H,6-9H2,(H,18,19). The van der Waals surface area contributed by atoms with E-state index in [4.69, 9.17) is 4.74 Å². The zero-order chi connectivity index (χ0) is 14.7. The van der Waals surface area contributed by atoms with E-state index in [1.165, 1.54) is 11.3 Å². The van der Waals surface area contributed by atoms with Crippen molar-refractivity contribution in [2.24, 2.45) is 0 Å². The van der Waals surface area contributed by atoms with Gasteiger partial charge in [0, 0.05) is 24.1 Å². The van der Waals surface area contributed by atoms with Crippen LogP contribution < -0.4 is 5.32 Å². The molecule has 2 heterocycles. The van der Waals surface area contributed by atoms with E-state index in [1.807, 2.05) is 36.4 Å². The highest BCUT2D eigenvalue weighted by atomic mass is 32.1. The Kier molecular flexibility index (Phi) is 4.22. The number of ether oxygens (including phenoxy) is 1. The maximum Gasteiger partial charge on any atom is 0.348 e. The largest absolute Gasteiger partial charge is 0.477 e. The van der Waals surface area contributed by atoms with Crippen molar-refractivity contribution < 1.29 is 14.6 Å². The van der Waals surface area contributed by atoms with Gasteiger partial charge in [0.2, 0.25) is 0 Å². The van der Waals surface area contributed by atoms with E-state index in [0.29, 0.717) is 4.88 Å². The van der Waals surface area contributed by atoms with E-state index in [0.717, 1.165) is 42.2 Å². The Balaban J connectivity index is 1.88. The van der Waals surface area contributed by atoms with Gasteiger partial charge in [-0.25, -0.2) is 4.79 Å². The number of hydrogen-bond acceptors (Lipinski definition) is 4. The minimum atomic E-state index is -0.878. The number of thiophene rings is 1. The number of carbonyl (C=O) groups is 1. The molecule has 21 heavy (non-hydrogen) atoms. The number of aromatic carboxylic acids is 1. The fourth-order valence-corrected chi connectivity index (χ4v) is 3.43. The molecule has 4 nitrogen and oxygen atoms in total. The van der Waals surface area contributed by atoms with Crippen LogP contribution in [0.3, 0.4) is 0 Å². The van der Waals surface area contributed by atoms with Gasteiger partial charge in [-0.1, -0.05) is 30.3 Å². The van der Waals surface area contributed by atoms with E-state index in [-0.39, 0.29) is 6.04 Å².